The van der Waals surface area contributed by atoms with Crippen molar-refractivity contribution in [2.45, 2.75) is 39.2 Å². The van der Waals surface area contributed by atoms with Crippen molar-refractivity contribution in [2.24, 2.45) is 5.92 Å². The van der Waals surface area contributed by atoms with Crippen molar-refractivity contribution in [2.75, 3.05) is 24.5 Å². The molecule has 18 heavy (non-hydrogen) atoms. The number of aromatic nitrogens is 1. The van der Waals surface area contributed by atoms with Gasteiger partial charge in [0, 0.05) is 25.3 Å². The normalized spacial score (nSPS) is 18.9. The fourth-order valence-electron chi connectivity index (χ4n) is 2.37. The summed E-state index contributed by atoms with van der Waals surface area (Å²) in [4.78, 5) is 6.81. The molecule has 100 valence electrons. The molecular weight excluding hydrogens is 222 g/mol. The summed E-state index contributed by atoms with van der Waals surface area (Å²) >= 11 is 0. The summed E-state index contributed by atoms with van der Waals surface area (Å²) in [6, 6.07) is 6.84. The van der Waals surface area contributed by atoms with E-state index in [2.05, 4.69) is 41.2 Å². The lowest BCUT2D eigenvalue weighted by Crippen LogP contribution is -2.43. The van der Waals surface area contributed by atoms with Crippen LogP contribution >= 0.6 is 0 Å². The zero-order chi connectivity index (χ0) is 12.8. The highest BCUT2D eigenvalue weighted by Crippen LogP contribution is 2.17. The lowest BCUT2D eigenvalue weighted by atomic mass is 10.0. The quantitative estimate of drug-likeness (QED) is 0.867. The number of hydrogen-bond donors (Lipinski definition) is 1. The standard InChI is InChI=1S/C15H25N3/c1-3-13(2)12-17-14-7-10-18(11-8-14)15-6-4-5-9-16-15/h4-6,9,13-14,17H,3,7-8,10-12H2,1-2H3. The highest BCUT2D eigenvalue weighted by molar-refractivity contribution is 5.38. The van der Waals surface area contributed by atoms with E-state index in [0.717, 1.165) is 31.4 Å². The molecule has 0 aromatic carbocycles. The first-order chi connectivity index (χ1) is 8.79. The summed E-state index contributed by atoms with van der Waals surface area (Å²) in [7, 11) is 0. The van der Waals surface area contributed by atoms with Crippen LogP contribution in [0.1, 0.15) is 33.1 Å². The van der Waals surface area contributed by atoms with Gasteiger partial charge in [0.1, 0.15) is 5.82 Å². The Balaban J connectivity index is 1.75. The van der Waals surface area contributed by atoms with E-state index in [0.29, 0.717) is 6.04 Å². The lowest BCUT2D eigenvalue weighted by molar-refractivity contribution is 0.380. The first-order valence-corrected chi connectivity index (χ1v) is 7.19. The summed E-state index contributed by atoms with van der Waals surface area (Å²) in [5.74, 6) is 1.91. The van der Waals surface area contributed by atoms with E-state index < -0.39 is 0 Å². The Labute approximate surface area is 111 Å². The van der Waals surface area contributed by atoms with Gasteiger partial charge in [0.15, 0.2) is 0 Å². The summed E-state index contributed by atoms with van der Waals surface area (Å²) in [6.07, 6.45) is 5.60. The SMILES string of the molecule is CCC(C)CNC1CCN(c2ccccn2)CC1. The van der Waals surface area contributed by atoms with E-state index in [1.807, 2.05) is 12.3 Å². The Morgan fingerprint density at radius 1 is 1.39 bits per heavy atom. The molecule has 3 heteroatoms. The van der Waals surface area contributed by atoms with Gasteiger partial charge in [-0.2, -0.15) is 0 Å². The minimum absolute atomic E-state index is 0.693. The van der Waals surface area contributed by atoms with Gasteiger partial charge in [-0.3, -0.25) is 0 Å². The molecule has 1 fully saturated rings. The monoisotopic (exact) mass is 247 g/mol. The van der Waals surface area contributed by atoms with Gasteiger partial charge >= 0.3 is 0 Å². The first-order valence-electron chi connectivity index (χ1n) is 7.19. The number of piperidine rings is 1. The van der Waals surface area contributed by atoms with Gasteiger partial charge in [-0.05, 0) is 37.4 Å². The number of anilines is 1. The molecule has 3 nitrogen and oxygen atoms in total. The number of nitrogens with zero attached hydrogens (tertiary/aromatic N) is 2. The zero-order valence-electron chi connectivity index (χ0n) is 11.6. The Kier molecular flexibility index (Phi) is 5.00. The van der Waals surface area contributed by atoms with Gasteiger partial charge in [-0.25, -0.2) is 4.98 Å². The molecule has 1 aromatic rings. The summed E-state index contributed by atoms with van der Waals surface area (Å²) < 4.78 is 0. The average molecular weight is 247 g/mol. The number of nitrogens with one attached hydrogen (secondary N) is 1. The maximum Gasteiger partial charge on any atom is 0.128 e. The van der Waals surface area contributed by atoms with Crippen molar-refractivity contribution in [3.63, 3.8) is 0 Å². The smallest absolute Gasteiger partial charge is 0.128 e. The Bertz CT molecular complexity index is 331. The van der Waals surface area contributed by atoms with Crippen molar-refractivity contribution in [3.05, 3.63) is 24.4 Å². The largest absolute Gasteiger partial charge is 0.357 e. The lowest BCUT2D eigenvalue weighted by Gasteiger charge is -2.33. The number of rotatable bonds is 5. The van der Waals surface area contributed by atoms with Crippen molar-refractivity contribution in [1.29, 1.82) is 0 Å². The van der Waals surface area contributed by atoms with Crippen LogP contribution in [-0.2, 0) is 0 Å². The van der Waals surface area contributed by atoms with Gasteiger partial charge in [0.2, 0.25) is 0 Å². The molecule has 0 amide bonds. The van der Waals surface area contributed by atoms with Crippen LogP contribution in [0.4, 0.5) is 5.82 Å². The van der Waals surface area contributed by atoms with Gasteiger partial charge in [-0.1, -0.05) is 26.3 Å². The molecule has 1 unspecified atom stereocenters. The summed E-state index contributed by atoms with van der Waals surface area (Å²) in [5.41, 5.74) is 0. The third-order valence-electron chi connectivity index (χ3n) is 3.92. The minimum Gasteiger partial charge on any atom is -0.357 e. The highest BCUT2D eigenvalue weighted by atomic mass is 15.2. The van der Waals surface area contributed by atoms with Crippen molar-refractivity contribution in [3.8, 4) is 0 Å². The van der Waals surface area contributed by atoms with Crippen LogP contribution < -0.4 is 10.2 Å². The molecule has 1 aliphatic heterocycles. The van der Waals surface area contributed by atoms with Crippen LogP contribution in [0.25, 0.3) is 0 Å². The molecule has 0 bridgehead atoms. The number of hydrogen-bond acceptors (Lipinski definition) is 3. The van der Waals surface area contributed by atoms with Crippen molar-refractivity contribution < 1.29 is 0 Å². The maximum absolute atomic E-state index is 4.42. The van der Waals surface area contributed by atoms with Crippen LogP contribution in [0.2, 0.25) is 0 Å². The molecule has 2 heterocycles. The van der Waals surface area contributed by atoms with Crippen LogP contribution in [0.3, 0.4) is 0 Å². The second kappa shape index (κ2) is 6.74. The summed E-state index contributed by atoms with van der Waals surface area (Å²) in [5, 5.41) is 3.70. The Morgan fingerprint density at radius 3 is 2.78 bits per heavy atom. The molecule has 1 N–H and O–H groups in total. The molecule has 1 aromatic heterocycles. The van der Waals surface area contributed by atoms with Crippen LogP contribution in [0, 0.1) is 5.92 Å². The van der Waals surface area contributed by atoms with E-state index >= 15 is 0 Å². The van der Waals surface area contributed by atoms with E-state index in [-0.39, 0.29) is 0 Å². The molecule has 0 aliphatic carbocycles. The molecular formula is C15H25N3. The molecule has 0 spiro atoms. The van der Waals surface area contributed by atoms with Gasteiger partial charge in [0.05, 0.1) is 0 Å². The van der Waals surface area contributed by atoms with Gasteiger partial charge in [0.25, 0.3) is 0 Å². The van der Waals surface area contributed by atoms with Crippen LogP contribution in [0.5, 0.6) is 0 Å². The second-order valence-corrected chi connectivity index (χ2v) is 5.37. The molecule has 0 saturated carbocycles. The van der Waals surface area contributed by atoms with E-state index in [1.54, 1.807) is 0 Å². The van der Waals surface area contributed by atoms with E-state index in [9.17, 15) is 0 Å². The van der Waals surface area contributed by atoms with Crippen molar-refractivity contribution >= 4 is 5.82 Å². The second-order valence-electron chi connectivity index (χ2n) is 5.37. The summed E-state index contributed by atoms with van der Waals surface area (Å²) in [6.45, 7) is 7.97. The fraction of sp³-hybridized carbons (Fsp3) is 0.667. The topological polar surface area (TPSA) is 28.2 Å². The molecule has 0 radical (unpaired) electrons. The zero-order valence-corrected chi connectivity index (χ0v) is 11.6. The van der Waals surface area contributed by atoms with Crippen LogP contribution in [0.15, 0.2) is 24.4 Å². The maximum atomic E-state index is 4.42. The molecule has 2 rings (SSSR count). The minimum atomic E-state index is 0.693. The van der Waals surface area contributed by atoms with Crippen molar-refractivity contribution in [1.82, 2.24) is 10.3 Å². The average Bonchev–Trinajstić information content (AvgIpc) is 2.46. The predicted molar refractivity (Wildman–Crippen MR) is 76.9 cm³/mol. The molecule has 1 aliphatic rings. The molecule has 1 atom stereocenters. The third-order valence-corrected chi connectivity index (χ3v) is 3.92. The first kappa shape index (κ1) is 13.3. The fourth-order valence-corrected chi connectivity index (χ4v) is 2.37. The number of pyridine rings is 1. The Morgan fingerprint density at radius 2 is 2.17 bits per heavy atom. The molecule has 1 saturated heterocycles. The van der Waals surface area contributed by atoms with Gasteiger partial charge < -0.3 is 10.2 Å². The highest BCUT2D eigenvalue weighted by Gasteiger charge is 2.19. The van der Waals surface area contributed by atoms with E-state index in [4.69, 9.17) is 0 Å². The van der Waals surface area contributed by atoms with Gasteiger partial charge in [-0.15, -0.1) is 0 Å². The van der Waals surface area contributed by atoms with Crippen LogP contribution in [-0.4, -0.2) is 30.7 Å². The predicted octanol–water partition coefficient (Wildman–Crippen LogP) is 2.69. The third kappa shape index (κ3) is 3.70. The van der Waals surface area contributed by atoms with E-state index in [1.165, 1.54) is 19.3 Å². The Hall–Kier alpha value is -1.09.